The monoisotopic (exact) mass is 234 g/mol. The van der Waals surface area contributed by atoms with Gasteiger partial charge in [-0.1, -0.05) is 5.21 Å². The van der Waals surface area contributed by atoms with Crippen LogP contribution in [0.15, 0.2) is 12.3 Å². The second-order valence-electron chi connectivity index (χ2n) is 4.21. The summed E-state index contributed by atoms with van der Waals surface area (Å²) in [5.74, 6) is 0. The largest absolute Gasteiger partial charge is 0.318 e. The van der Waals surface area contributed by atoms with Gasteiger partial charge in [0.25, 0.3) is 0 Å². The second-order valence-corrected chi connectivity index (χ2v) is 5.38. The normalized spacial score (nSPS) is 16.4. The molecule has 0 aromatic carbocycles. The van der Waals surface area contributed by atoms with Crippen LogP contribution in [0.2, 0.25) is 0 Å². The Kier molecular flexibility index (Phi) is 2.29. The molecule has 2 heterocycles. The molecule has 84 valence electrons. The number of aromatic nitrogens is 3. The van der Waals surface area contributed by atoms with Gasteiger partial charge in [-0.3, -0.25) is 4.68 Å². The van der Waals surface area contributed by atoms with Crippen LogP contribution in [0.1, 0.15) is 33.5 Å². The summed E-state index contributed by atoms with van der Waals surface area (Å²) < 4.78 is 1.75. The van der Waals surface area contributed by atoms with Crippen molar-refractivity contribution in [2.45, 2.75) is 25.3 Å². The molecule has 0 aliphatic heterocycles. The van der Waals surface area contributed by atoms with Crippen molar-refractivity contribution in [2.24, 2.45) is 12.8 Å². The van der Waals surface area contributed by atoms with Crippen molar-refractivity contribution in [1.82, 2.24) is 15.0 Å². The number of hydrogen-bond acceptors (Lipinski definition) is 4. The maximum absolute atomic E-state index is 6.23. The molecule has 2 N–H and O–H groups in total. The minimum atomic E-state index is -0.0874. The van der Waals surface area contributed by atoms with Crippen molar-refractivity contribution in [2.75, 3.05) is 0 Å². The summed E-state index contributed by atoms with van der Waals surface area (Å²) in [6.45, 7) is 0. The van der Waals surface area contributed by atoms with Gasteiger partial charge in [0.15, 0.2) is 0 Å². The first-order valence-corrected chi connectivity index (χ1v) is 6.29. The first-order chi connectivity index (χ1) is 7.75. The Bertz CT molecular complexity index is 492. The number of aryl methyl sites for hydroxylation is 3. The number of rotatable bonds is 2. The fraction of sp³-hybridized carbons (Fsp3) is 0.455. The summed E-state index contributed by atoms with van der Waals surface area (Å²) >= 11 is 1.84. The topological polar surface area (TPSA) is 56.7 Å². The van der Waals surface area contributed by atoms with Crippen LogP contribution in [-0.2, 0) is 19.9 Å². The zero-order chi connectivity index (χ0) is 11.1. The summed E-state index contributed by atoms with van der Waals surface area (Å²) in [6.07, 6.45) is 5.47. The highest BCUT2D eigenvalue weighted by Gasteiger charge is 2.20. The highest BCUT2D eigenvalue weighted by Crippen LogP contribution is 2.34. The van der Waals surface area contributed by atoms with Crippen LogP contribution in [0.5, 0.6) is 0 Å². The van der Waals surface area contributed by atoms with Gasteiger partial charge >= 0.3 is 0 Å². The zero-order valence-electron chi connectivity index (χ0n) is 9.18. The lowest BCUT2D eigenvalue weighted by molar-refractivity contribution is 0.654. The molecule has 4 nitrogen and oxygen atoms in total. The quantitative estimate of drug-likeness (QED) is 0.855. The average molecular weight is 234 g/mol. The fourth-order valence-corrected chi connectivity index (χ4v) is 3.50. The molecule has 0 amide bonds. The molecule has 2 aromatic rings. The van der Waals surface area contributed by atoms with Gasteiger partial charge in [-0.2, -0.15) is 0 Å². The minimum Gasteiger partial charge on any atom is -0.318 e. The Hall–Kier alpha value is -1.20. The molecule has 1 aliphatic carbocycles. The molecule has 1 aliphatic rings. The van der Waals surface area contributed by atoms with Crippen LogP contribution in [-0.4, -0.2) is 15.0 Å². The molecule has 3 rings (SSSR count). The van der Waals surface area contributed by atoms with Gasteiger partial charge in [-0.15, -0.1) is 16.4 Å². The maximum Gasteiger partial charge on any atom is 0.0833 e. The van der Waals surface area contributed by atoms with Crippen LogP contribution in [0, 0.1) is 0 Å². The van der Waals surface area contributed by atoms with Crippen molar-refractivity contribution < 1.29 is 0 Å². The van der Waals surface area contributed by atoms with E-state index in [1.54, 1.807) is 10.9 Å². The second kappa shape index (κ2) is 3.68. The lowest BCUT2D eigenvalue weighted by Crippen LogP contribution is -2.14. The molecule has 2 aromatic heterocycles. The van der Waals surface area contributed by atoms with E-state index >= 15 is 0 Å². The summed E-state index contributed by atoms with van der Waals surface area (Å²) in [6, 6.07) is 2.17. The fourth-order valence-electron chi connectivity index (χ4n) is 2.23. The third-order valence-corrected chi connectivity index (χ3v) is 4.46. The molecule has 1 unspecified atom stereocenters. The van der Waals surface area contributed by atoms with E-state index in [1.165, 1.54) is 34.6 Å². The Morgan fingerprint density at radius 3 is 3.06 bits per heavy atom. The van der Waals surface area contributed by atoms with Crippen molar-refractivity contribution in [3.05, 3.63) is 33.3 Å². The van der Waals surface area contributed by atoms with Gasteiger partial charge < -0.3 is 5.73 Å². The number of fused-ring (bicyclic) bond motifs is 1. The molecular weight excluding hydrogens is 220 g/mol. The Morgan fingerprint density at radius 2 is 2.38 bits per heavy atom. The molecule has 0 fully saturated rings. The van der Waals surface area contributed by atoms with E-state index in [0.717, 1.165) is 5.69 Å². The molecule has 5 heteroatoms. The number of hydrogen-bond donors (Lipinski definition) is 1. The van der Waals surface area contributed by atoms with Crippen LogP contribution in [0.3, 0.4) is 0 Å². The zero-order valence-corrected chi connectivity index (χ0v) is 10.00. The predicted molar refractivity (Wildman–Crippen MR) is 63.4 cm³/mol. The third kappa shape index (κ3) is 1.47. The van der Waals surface area contributed by atoms with E-state index in [2.05, 4.69) is 16.4 Å². The number of thiophene rings is 1. The van der Waals surface area contributed by atoms with E-state index in [0.29, 0.717) is 0 Å². The maximum atomic E-state index is 6.23. The molecule has 0 spiro atoms. The minimum absolute atomic E-state index is 0.0874. The van der Waals surface area contributed by atoms with Crippen LogP contribution in [0.4, 0.5) is 0 Å². The molecule has 0 bridgehead atoms. The molecule has 1 atom stereocenters. The third-order valence-electron chi connectivity index (χ3n) is 3.14. The smallest absolute Gasteiger partial charge is 0.0833 e. The van der Waals surface area contributed by atoms with E-state index in [1.807, 2.05) is 18.4 Å². The summed E-state index contributed by atoms with van der Waals surface area (Å²) in [5, 5.41) is 7.79. The standard InChI is InChI=1S/C11H14N4S/c1-15-8(6-13-14-15)11(12)10-5-7-3-2-4-9(7)16-10/h5-6,11H,2-4,12H2,1H3. The van der Waals surface area contributed by atoms with E-state index < -0.39 is 0 Å². The Balaban J connectivity index is 1.95. The molecule has 0 saturated heterocycles. The van der Waals surface area contributed by atoms with Crippen molar-refractivity contribution >= 4 is 11.3 Å². The Morgan fingerprint density at radius 1 is 1.50 bits per heavy atom. The molecular formula is C11H14N4S. The lowest BCUT2D eigenvalue weighted by Gasteiger charge is -2.08. The van der Waals surface area contributed by atoms with Crippen molar-refractivity contribution in [1.29, 1.82) is 0 Å². The summed E-state index contributed by atoms with van der Waals surface area (Å²) in [7, 11) is 1.88. The number of nitrogens with zero attached hydrogens (tertiary/aromatic N) is 3. The van der Waals surface area contributed by atoms with Gasteiger partial charge in [0.05, 0.1) is 17.9 Å². The highest BCUT2D eigenvalue weighted by atomic mass is 32.1. The van der Waals surface area contributed by atoms with E-state index in [-0.39, 0.29) is 6.04 Å². The molecule has 0 saturated carbocycles. The SMILES string of the molecule is Cn1nncc1C(N)c1cc2c(s1)CCC2. The summed E-state index contributed by atoms with van der Waals surface area (Å²) in [4.78, 5) is 2.75. The van der Waals surface area contributed by atoms with Crippen molar-refractivity contribution in [3.63, 3.8) is 0 Å². The summed E-state index contributed by atoms with van der Waals surface area (Å²) in [5.41, 5.74) is 8.70. The first kappa shape index (κ1) is 9.99. The van der Waals surface area contributed by atoms with Crippen molar-refractivity contribution in [3.8, 4) is 0 Å². The molecule has 0 radical (unpaired) electrons. The van der Waals surface area contributed by atoms with E-state index in [4.69, 9.17) is 5.73 Å². The van der Waals surface area contributed by atoms with Gasteiger partial charge in [-0.25, -0.2) is 0 Å². The van der Waals surface area contributed by atoms with Gasteiger partial charge in [-0.05, 0) is 30.9 Å². The van der Waals surface area contributed by atoms with Gasteiger partial charge in [0, 0.05) is 16.8 Å². The average Bonchev–Trinajstić information content (AvgIpc) is 2.89. The van der Waals surface area contributed by atoms with E-state index in [9.17, 15) is 0 Å². The van der Waals surface area contributed by atoms with Crippen LogP contribution >= 0.6 is 11.3 Å². The van der Waals surface area contributed by atoms with Crippen LogP contribution in [0.25, 0.3) is 0 Å². The lowest BCUT2D eigenvalue weighted by atomic mass is 10.1. The highest BCUT2D eigenvalue weighted by molar-refractivity contribution is 7.12. The number of nitrogens with two attached hydrogens (primary N) is 1. The molecule has 16 heavy (non-hydrogen) atoms. The predicted octanol–water partition coefficient (Wildman–Crippen LogP) is 1.41. The van der Waals surface area contributed by atoms with Gasteiger partial charge in [0.2, 0.25) is 0 Å². The van der Waals surface area contributed by atoms with Gasteiger partial charge in [0.1, 0.15) is 0 Å². The Labute approximate surface area is 98.1 Å². The van der Waals surface area contributed by atoms with Crippen LogP contribution < -0.4 is 5.73 Å². The first-order valence-electron chi connectivity index (χ1n) is 5.47.